The van der Waals surface area contributed by atoms with Crippen LogP contribution in [0.3, 0.4) is 0 Å². The maximum atomic E-state index is 13.8. The third kappa shape index (κ3) is 6.31. The number of nitrogens with one attached hydrogen (secondary N) is 4. The van der Waals surface area contributed by atoms with Gasteiger partial charge in [0.2, 0.25) is 11.8 Å². The number of carbonyl (C=O) groups excluding carboxylic acids is 4. The highest BCUT2D eigenvalue weighted by molar-refractivity contribution is 6.23. The van der Waals surface area contributed by atoms with E-state index in [9.17, 15) is 23.6 Å². The van der Waals surface area contributed by atoms with Crippen LogP contribution in [0.25, 0.3) is 17.5 Å². The molecule has 2 aromatic carbocycles. The molecule has 3 saturated heterocycles. The van der Waals surface area contributed by atoms with Crippen LogP contribution >= 0.6 is 0 Å². The minimum absolute atomic E-state index is 0.0274. The number of hydrogen-bond donors (Lipinski definition) is 4. The van der Waals surface area contributed by atoms with Gasteiger partial charge in [0.15, 0.2) is 0 Å². The highest BCUT2D eigenvalue weighted by atomic mass is 19.1. The van der Waals surface area contributed by atoms with Crippen LogP contribution in [0.4, 0.5) is 15.9 Å². The maximum Gasteiger partial charge on any atom is 0.262 e. The molecule has 13 nitrogen and oxygen atoms in total. The average molecular weight is 702 g/mol. The van der Waals surface area contributed by atoms with Crippen LogP contribution in [0.15, 0.2) is 72.9 Å². The molecule has 3 fully saturated rings. The van der Waals surface area contributed by atoms with Crippen molar-refractivity contribution in [2.45, 2.75) is 37.8 Å². The summed E-state index contributed by atoms with van der Waals surface area (Å²) in [4.78, 5) is 67.8. The number of aromatic nitrogens is 3. The van der Waals surface area contributed by atoms with Crippen molar-refractivity contribution in [1.82, 2.24) is 30.1 Å². The summed E-state index contributed by atoms with van der Waals surface area (Å²) in [6.07, 6.45) is 7.21. The highest BCUT2D eigenvalue weighted by Crippen LogP contribution is 2.33. The lowest BCUT2D eigenvalue weighted by Gasteiger charge is -2.40. The molecular formula is C38H36FN9O4. The number of likely N-dealkylation sites (tertiary alicyclic amines) is 1. The van der Waals surface area contributed by atoms with Crippen LogP contribution in [0.5, 0.6) is 0 Å². The number of benzene rings is 2. The van der Waals surface area contributed by atoms with E-state index in [0.717, 1.165) is 60.1 Å². The van der Waals surface area contributed by atoms with Crippen molar-refractivity contribution < 1.29 is 23.6 Å². The molecule has 0 aliphatic carbocycles. The van der Waals surface area contributed by atoms with Gasteiger partial charge in [-0.2, -0.15) is 0 Å². The number of piperidine rings is 1. The molecule has 8 rings (SSSR count). The molecule has 0 radical (unpaired) electrons. The number of hydrogen-bond acceptors (Lipinski definition) is 9. The Bertz CT molecular complexity index is 2140. The largest absolute Gasteiger partial charge is 0.385 e. The number of halogens is 1. The number of carbonyl (C=O) groups is 4. The number of fused-ring (bicyclic) bond motifs is 1. The van der Waals surface area contributed by atoms with Gasteiger partial charge in [-0.15, -0.1) is 0 Å². The second kappa shape index (κ2) is 13.5. The summed E-state index contributed by atoms with van der Waals surface area (Å²) in [5, 5.41) is 14.3. The minimum atomic E-state index is -0.995. The molecule has 4 amide bonds. The lowest BCUT2D eigenvalue weighted by atomic mass is 9.99. The summed E-state index contributed by atoms with van der Waals surface area (Å²) < 4.78 is 13.8. The molecule has 4 aliphatic heterocycles. The average Bonchev–Trinajstić information content (AvgIpc) is 3.86. The Morgan fingerprint density at radius 3 is 2.63 bits per heavy atom. The zero-order chi connectivity index (χ0) is 35.9. The van der Waals surface area contributed by atoms with Crippen molar-refractivity contribution >= 4 is 47.0 Å². The number of rotatable bonds is 9. The molecule has 264 valence electrons. The first kappa shape index (κ1) is 33.0. The number of pyridine rings is 1. The molecule has 4 aromatic rings. The topological polar surface area (TPSA) is 167 Å². The first-order chi connectivity index (χ1) is 25.2. The van der Waals surface area contributed by atoms with E-state index < -0.39 is 29.7 Å². The van der Waals surface area contributed by atoms with Gasteiger partial charge >= 0.3 is 0 Å². The molecule has 4 aliphatic rings. The molecule has 0 bridgehead atoms. The van der Waals surface area contributed by atoms with Crippen LogP contribution in [-0.2, 0) is 9.59 Å². The Kier molecular flexibility index (Phi) is 8.57. The van der Waals surface area contributed by atoms with Crippen molar-refractivity contribution in [2.24, 2.45) is 5.92 Å². The molecule has 14 heteroatoms. The summed E-state index contributed by atoms with van der Waals surface area (Å²) in [6, 6.07) is 16.4. The van der Waals surface area contributed by atoms with E-state index in [2.05, 4.69) is 25.5 Å². The number of H-pyrrole nitrogens is 1. The molecule has 0 saturated carbocycles. The van der Waals surface area contributed by atoms with E-state index in [1.807, 2.05) is 29.2 Å². The summed E-state index contributed by atoms with van der Waals surface area (Å²) in [6.45, 7) is 2.95. The number of amides is 4. The third-order valence-corrected chi connectivity index (χ3v) is 10.1. The van der Waals surface area contributed by atoms with Crippen LogP contribution < -0.4 is 15.5 Å². The van der Waals surface area contributed by atoms with E-state index >= 15 is 0 Å². The smallest absolute Gasteiger partial charge is 0.262 e. The zero-order valence-corrected chi connectivity index (χ0v) is 28.1. The van der Waals surface area contributed by atoms with Gasteiger partial charge in [0, 0.05) is 44.2 Å². The summed E-state index contributed by atoms with van der Waals surface area (Å²) in [7, 11) is 0. The van der Waals surface area contributed by atoms with E-state index in [1.165, 1.54) is 6.07 Å². The van der Waals surface area contributed by atoms with Crippen LogP contribution in [0.2, 0.25) is 0 Å². The van der Waals surface area contributed by atoms with Gasteiger partial charge in [-0.3, -0.25) is 34.8 Å². The first-order valence-corrected chi connectivity index (χ1v) is 17.4. The highest BCUT2D eigenvalue weighted by Gasteiger charge is 2.44. The van der Waals surface area contributed by atoms with Gasteiger partial charge in [-0.1, -0.05) is 18.2 Å². The Morgan fingerprint density at radius 1 is 0.981 bits per heavy atom. The summed E-state index contributed by atoms with van der Waals surface area (Å²) in [5.41, 5.74) is 3.58. The Morgan fingerprint density at radius 2 is 1.81 bits per heavy atom. The monoisotopic (exact) mass is 701 g/mol. The number of imide groups is 2. The SMILES string of the molecule is N=C(/C=C\c1ncc(-c2cccc(N3CC(CNc4ccc5c(c4)C(=O)N(C4CCC(=O)NC4=O)C5=O)C3)n2)[nH]1)N1CCC[C@@H]1c1cccc(F)c1. The van der Waals surface area contributed by atoms with Gasteiger partial charge in [-0.25, -0.2) is 14.4 Å². The lowest BCUT2D eigenvalue weighted by Crippen LogP contribution is -2.54. The zero-order valence-electron chi connectivity index (χ0n) is 28.1. The van der Waals surface area contributed by atoms with E-state index in [0.29, 0.717) is 29.8 Å². The quantitative estimate of drug-likeness (QED) is 0.112. The fourth-order valence-corrected chi connectivity index (χ4v) is 7.40. The second-order valence-corrected chi connectivity index (χ2v) is 13.5. The predicted octanol–water partition coefficient (Wildman–Crippen LogP) is 4.39. The van der Waals surface area contributed by atoms with Gasteiger partial charge < -0.3 is 20.1 Å². The molecule has 1 unspecified atom stereocenters. The van der Waals surface area contributed by atoms with Crippen molar-refractivity contribution in [2.75, 3.05) is 36.4 Å². The second-order valence-electron chi connectivity index (χ2n) is 13.5. The molecule has 2 aromatic heterocycles. The fraction of sp³-hybridized carbons (Fsp3) is 0.289. The minimum Gasteiger partial charge on any atom is -0.385 e. The molecule has 6 heterocycles. The molecule has 2 atom stereocenters. The van der Waals surface area contributed by atoms with E-state index in [1.54, 1.807) is 48.7 Å². The third-order valence-electron chi connectivity index (χ3n) is 10.1. The standard InChI is InChI=1S/C38H36FN9O4/c39-24-5-1-4-23(16-24)30-7-3-15-47(30)32(40)12-13-33-42-19-29(43-33)28-6-2-8-34(44-28)46-20-22(21-46)18-41-25-9-10-26-27(17-25)38(52)48(37(26)51)31-11-14-35(49)45-36(31)50/h1-2,4-6,8-10,12-13,16-17,19,22,30-31,40-41H,3,7,11,14-15,18,20-21H2,(H,42,43)(H,45,49,50)/b13-12-,40-32?/t30-,31?/m1/s1. The normalized spacial score (nSPS) is 20.4. The fourth-order valence-electron chi connectivity index (χ4n) is 7.40. The van der Waals surface area contributed by atoms with Gasteiger partial charge in [0.1, 0.15) is 29.3 Å². The number of aromatic amines is 1. The van der Waals surface area contributed by atoms with Crippen LogP contribution in [0, 0.1) is 17.1 Å². The number of imidazole rings is 1. The van der Waals surface area contributed by atoms with Crippen LogP contribution in [-0.4, -0.2) is 86.4 Å². The first-order valence-electron chi connectivity index (χ1n) is 17.4. The maximum absolute atomic E-state index is 13.8. The lowest BCUT2D eigenvalue weighted by molar-refractivity contribution is -0.136. The van der Waals surface area contributed by atoms with E-state index in [4.69, 9.17) is 10.4 Å². The number of amidine groups is 1. The van der Waals surface area contributed by atoms with Crippen LogP contribution in [0.1, 0.15) is 63.8 Å². The Hall–Kier alpha value is -6.18. The van der Waals surface area contributed by atoms with E-state index in [-0.39, 0.29) is 35.8 Å². The summed E-state index contributed by atoms with van der Waals surface area (Å²) in [5.74, 6) is -0.245. The Labute approximate surface area is 298 Å². The van der Waals surface area contributed by atoms with Crippen molar-refractivity contribution in [1.29, 1.82) is 5.41 Å². The van der Waals surface area contributed by atoms with Gasteiger partial charge in [0.25, 0.3) is 11.8 Å². The number of nitrogens with zero attached hydrogens (tertiary/aromatic N) is 5. The Balaban J connectivity index is 0.846. The predicted molar refractivity (Wildman–Crippen MR) is 191 cm³/mol. The molecule has 4 N–H and O–H groups in total. The molecule has 52 heavy (non-hydrogen) atoms. The number of anilines is 2. The summed E-state index contributed by atoms with van der Waals surface area (Å²) >= 11 is 0. The van der Waals surface area contributed by atoms with Crippen molar-refractivity contribution in [3.8, 4) is 11.4 Å². The van der Waals surface area contributed by atoms with Crippen molar-refractivity contribution in [3.05, 3.63) is 101 Å². The molecule has 0 spiro atoms. The van der Waals surface area contributed by atoms with Crippen molar-refractivity contribution in [3.63, 3.8) is 0 Å². The van der Waals surface area contributed by atoms with Gasteiger partial charge in [0.05, 0.1) is 34.8 Å². The van der Waals surface area contributed by atoms with Gasteiger partial charge in [-0.05, 0) is 79.4 Å². The molecular weight excluding hydrogens is 665 g/mol.